The van der Waals surface area contributed by atoms with Crippen molar-refractivity contribution < 1.29 is 24.5 Å². The predicted molar refractivity (Wildman–Crippen MR) is 159 cm³/mol. The van der Waals surface area contributed by atoms with E-state index in [1.165, 1.54) is 11.6 Å². The van der Waals surface area contributed by atoms with Crippen LogP contribution in [0.3, 0.4) is 0 Å². The molecule has 2 aromatic heterocycles. The third kappa shape index (κ3) is 5.78. The molecule has 1 amide bonds. The van der Waals surface area contributed by atoms with E-state index in [4.69, 9.17) is 19.4 Å². The number of benzene rings is 1. The molecule has 3 aliphatic rings. The summed E-state index contributed by atoms with van der Waals surface area (Å²) in [5.41, 5.74) is 2.05. The zero-order valence-corrected chi connectivity index (χ0v) is 24.5. The van der Waals surface area contributed by atoms with Gasteiger partial charge in [0.05, 0.1) is 43.9 Å². The second-order valence-electron chi connectivity index (χ2n) is 11.1. The van der Waals surface area contributed by atoms with Crippen molar-refractivity contribution >= 4 is 39.2 Å². The second-order valence-corrected chi connectivity index (χ2v) is 12.2. The Balaban J connectivity index is 1.28. The third-order valence-electron chi connectivity index (χ3n) is 8.09. The van der Waals surface area contributed by atoms with Gasteiger partial charge in [0.1, 0.15) is 22.1 Å². The first kappa shape index (κ1) is 28.0. The highest BCUT2D eigenvalue weighted by Gasteiger charge is 2.30. The highest BCUT2D eigenvalue weighted by Crippen LogP contribution is 2.40. The first-order chi connectivity index (χ1) is 19.9. The number of phenolic OH excluding ortho intramolecular Hbond substituents is 2. The summed E-state index contributed by atoms with van der Waals surface area (Å²) < 4.78 is 11.0. The molecule has 0 radical (unpaired) electrons. The molecule has 3 aliphatic heterocycles. The van der Waals surface area contributed by atoms with E-state index in [0.717, 1.165) is 73.4 Å². The van der Waals surface area contributed by atoms with E-state index in [9.17, 15) is 15.0 Å². The van der Waals surface area contributed by atoms with Gasteiger partial charge in [0.2, 0.25) is 5.95 Å². The van der Waals surface area contributed by atoms with Crippen molar-refractivity contribution in [3.63, 3.8) is 0 Å². The number of hydrogen-bond acceptors (Lipinski definition) is 11. The van der Waals surface area contributed by atoms with Crippen molar-refractivity contribution in [2.75, 3.05) is 82.5 Å². The monoisotopic (exact) mass is 582 g/mol. The van der Waals surface area contributed by atoms with Crippen LogP contribution in [0.5, 0.6) is 11.5 Å². The van der Waals surface area contributed by atoms with Gasteiger partial charge in [-0.05, 0) is 29.5 Å². The molecule has 41 heavy (non-hydrogen) atoms. The zero-order chi connectivity index (χ0) is 28.5. The molecule has 6 rings (SSSR count). The van der Waals surface area contributed by atoms with Gasteiger partial charge in [-0.15, -0.1) is 11.3 Å². The molecule has 0 unspecified atom stereocenters. The fraction of sp³-hybridized carbons (Fsp3) is 0.552. The van der Waals surface area contributed by atoms with Crippen molar-refractivity contribution in [1.82, 2.24) is 19.8 Å². The maximum absolute atomic E-state index is 13.6. The number of nitrogens with zero attached hydrogens (tertiary/aromatic N) is 5. The van der Waals surface area contributed by atoms with Crippen LogP contribution in [0.4, 0.5) is 11.8 Å². The highest BCUT2D eigenvalue weighted by molar-refractivity contribution is 7.19. The van der Waals surface area contributed by atoms with Gasteiger partial charge in [-0.25, -0.2) is 4.98 Å². The van der Waals surface area contributed by atoms with E-state index in [2.05, 4.69) is 15.1 Å². The Kier molecular flexibility index (Phi) is 8.16. The lowest BCUT2D eigenvalue weighted by Gasteiger charge is -2.29. The van der Waals surface area contributed by atoms with E-state index in [1.54, 1.807) is 22.3 Å². The Hall–Kier alpha value is -3.19. The molecule has 0 saturated carbocycles. The van der Waals surface area contributed by atoms with Crippen molar-refractivity contribution in [3.8, 4) is 11.5 Å². The van der Waals surface area contributed by atoms with E-state index < -0.39 is 0 Å². The van der Waals surface area contributed by atoms with Crippen LogP contribution < -0.4 is 10.2 Å². The molecule has 12 heteroatoms. The fourth-order valence-electron chi connectivity index (χ4n) is 5.75. The van der Waals surface area contributed by atoms with Crippen LogP contribution >= 0.6 is 11.3 Å². The number of anilines is 2. The van der Waals surface area contributed by atoms with Gasteiger partial charge < -0.3 is 34.8 Å². The molecule has 5 heterocycles. The minimum atomic E-state index is -0.239. The second kappa shape index (κ2) is 12.0. The highest BCUT2D eigenvalue weighted by atomic mass is 32.1. The zero-order valence-electron chi connectivity index (χ0n) is 23.7. The Morgan fingerprint density at radius 2 is 1.76 bits per heavy atom. The van der Waals surface area contributed by atoms with Gasteiger partial charge in [-0.3, -0.25) is 9.69 Å². The molecule has 3 aromatic rings. The smallest absolute Gasteiger partial charge is 0.257 e. The molecular formula is C29H38N6O5S. The third-order valence-corrected chi connectivity index (χ3v) is 9.20. The number of aromatic hydroxyl groups is 2. The summed E-state index contributed by atoms with van der Waals surface area (Å²) in [6.07, 6.45) is 0.676. The van der Waals surface area contributed by atoms with E-state index >= 15 is 0 Å². The van der Waals surface area contributed by atoms with Crippen molar-refractivity contribution in [2.45, 2.75) is 32.7 Å². The van der Waals surface area contributed by atoms with Crippen LogP contribution in [0.1, 0.15) is 46.1 Å². The minimum Gasteiger partial charge on any atom is -0.508 e. The number of thiophene rings is 1. The van der Waals surface area contributed by atoms with Crippen molar-refractivity contribution in [3.05, 3.63) is 33.7 Å². The Morgan fingerprint density at radius 3 is 2.49 bits per heavy atom. The topological polar surface area (TPSA) is 124 Å². The van der Waals surface area contributed by atoms with Crippen molar-refractivity contribution in [2.24, 2.45) is 0 Å². The Bertz CT molecular complexity index is 1420. The van der Waals surface area contributed by atoms with Gasteiger partial charge in [-0.1, -0.05) is 13.8 Å². The number of aromatic nitrogens is 2. The number of morpholine rings is 2. The number of hydrogen-bond donors (Lipinski definition) is 3. The summed E-state index contributed by atoms with van der Waals surface area (Å²) in [5, 5.41) is 25.4. The largest absolute Gasteiger partial charge is 0.508 e. The SMILES string of the molecule is CC(C)c1cc(C(=O)N2CCc3c(sc4nc(N5CCOCC5)nc(NCCN5CCOCC5)c34)C2)c(O)cc1O. The molecular weight excluding hydrogens is 544 g/mol. The minimum absolute atomic E-state index is 0.00258. The van der Waals surface area contributed by atoms with Gasteiger partial charge in [-0.2, -0.15) is 4.98 Å². The van der Waals surface area contributed by atoms with Crippen LogP contribution in [-0.4, -0.2) is 108 Å². The first-order valence-electron chi connectivity index (χ1n) is 14.4. The van der Waals surface area contributed by atoms with E-state index in [0.29, 0.717) is 44.2 Å². The molecule has 220 valence electrons. The van der Waals surface area contributed by atoms with Crippen LogP contribution in [0.25, 0.3) is 10.2 Å². The molecule has 2 saturated heterocycles. The number of amides is 1. The van der Waals surface area contributed by atoms with E-state index in [-0.39, 0.29) is 28.9 Å². The molecule has 0 aliphatic carbocycles. The number of rotatable bonds is 7. The fourth-order valence-corrected chi connectivity index (χ4v) is 6.98. The lowest BCUT2D eigenvalue weighted by atomic mass is 9.97. The van der Waals surface area contributed by atoms with Crippen molar-refractivity contribution in [1.29, 1.82) is 0 Å². The standard InChI is InChI=1S/C29H38N6O5S/c1-18(2)20-15-21(23(37)16-22(20)36)28(38)35-5-3-19-24(17-35)41-27-25(19)26(30-4-6-33-7-11-39-12-8-33)31-29(32-27)34-9-13-40-14-10-34/h15-16,18,36-37H,3-14,17H2,1-2H3,(H,30,31,32). The quantitative estimate of drug-likeness (QED) is 0.383. The summed E-state index contributed by atoms with van der Waals surface area (Å²) >= 11 is 1.61. The number of carbonyl (C=O) groups is 1. The average Bonchev–Trinajstić information content (AvgIpc) is 3.35. The number of phenols is 2. The van der Waals surface area contributed by atoms with Crippen LogP contribution in [0, 0.1) is 0 Å². The normalized spacial score (nSPS) is 18.2. The Morgan fingerprint density at radius 1 is 1.02 bits per heavy atom. The lowest BCUT2D eigenvalue weighted by molar-refractivity contribution is 0.0398. The molecule has 11 nitrogen and oxygen atoms in total. The summed E-state index contributed by atoms with van der Waals surface area (Å²) in [6, 6.07) is 2.89. The molecule has 3 N–H and O–H groups in total. The molecule has 0 atom stereocenters. The summed E-state index contributed by atoms with van der Waals surface area (Å²) in [6.45, 7) is 12.8. The number of carbonyl (C=O) groups excluding carboxylic acids is 1. The molecule has 0 bridgehead atoms. The van der Waals surface area contributed by atoms with Gasteiger partial charge >= 0.3 is 0 Å². The molecule has 1 aromatic carbocycles. The van der Waals surface area contributed by atoms with Gasteiger partial charge in [0.15, 0.2) is 0 Å². The number of ether oxygens (including phenoxy) is 2. The van der Waals surface area contributed by atoms with Gasteiger partial charge in [0, 0.05) is 56.8 Å². The number of fused-ring (bicyclic) bond motifs is 3. The summed E-state index contributed by atoms with van der Waals surface area (Å²) in [7, 11) is 0. The maximum atomic E-state index is 13.6. The first-order valence-corrected chi connectivity index (χ1v) is 15.2. The molecule has 2 fully saturated rings. The molecule has 0 spiro atoms. The maximum Gasteiger partial charge on any atom is 0.257 e. The van der Waals surface area contributed by atoms with E-state index in [1.807, 2.05) is 13.8 Å². The Labute approximate surface area is 243 Å². The average molecular weight is 583 g/mol. The predicted octanol–water partition coefficient (Wildman–Crippen LogP) is 3.01. The summed E-state index contributed by atoms with van der Waals surface area (Å²) in [5.74, 6) is 1.13. The van der Waals surface area contributed by atoms with Crippen LogP contribution in [0.15, 0.2) is 12.1 Å². The number of nitrogens with one attached hydrogen (secondary N) is 1. The van der Waals surface area contributed by atoms with Crippen LogP contribution in [-0.2, 0) is 22.4 Å². The van der Waals surface area contributed by atoms with Crippen LogP contribution in [0.2, 0.25) is 0 Å². The van der Waals surface area contributed by atoms with Gasteiger partial charge in [0.25, 0.3) is 5.91 Å². The summed E-state index contributed by atoms with van der Waals surface area (Å²) in [4.78, 5) is 31.9. The lowest BCUT2D eigenvalue weighted by Crippen LogP contribution is -2.39.